The first-order chi connectivity index (χ1) is 9.50. The van der Waals surface area contributed by atoms with Crippen molar-refractivity contribution in [1.29, 1.82) is 0 Å². The number of nitrogens with one attached hydrogen (secondary N) is 1. The predicted molar refractivity (Wildman–Crippen MR) is 89.1 cm³/mol. The highest BCUT2D eigenvalue weighted by Crippen LogP contribution is 2.36. The van der Waals surface area contributed by atoms with Crippen molar-refractivity contribution < 1.29 is 0 Å². The van der Waals surface area contributed by atoms with Crippen LogP contribution in [0.4, 0.5) is 0 Å². The van der Waals surface area contributed by atoms with Crippen molar-refractivity contribution >= 4 is 34.8 Å². The van der Waals surface area contributed by atoms with E-state index in [-0.39, 0.29) is 6.04 Å². The van der Waals surface area contributed by atoms with Crippen molar-refractivity contribution in [3.63, 3.8) is 0 Å². The number of hydrogen-bond donors (Lipinski definition) is 1. The molecular weight excluding hydrogens is 313 g/mol. The lowest BCUT2D eigenvalue weighted by atomic mass is 9.95. The summed E-state index contributed by atoms with van der Waals surface area (Å²) in [6.07, 6.45) is 6.56. The van der Waals surface area contributed by atoms with Gasteiger partial charge < -0.3 is 5.32 Å². The van der Waals surface area contributed by atoms with Gasteiger partial charge in [-0.05, 0) is 37.3 Å². The molecule has 1 N–H and O–H groups in total. The van der Waals surface area contributed by atoms with E-state index >= 15 is 0 Å². The molecule has 2 rings (SSSR count). The second kappa shape index (κ2) is 7.35. The Hall–Kier alpha value is 0.0500. The number of halogens is 3. The van der Waals surface area contributed by atoms with Crippen molar-refractivity contribution in [1.82, 2.24) is 5.32 Å². The normalized spacial score (nSPS) is 25.2. The smallest absolute Gasteiger partial charge is 0.0781 e. The molecule has 0 spiro atoms. The lowest BCUT2D eigenvalue weighted by Gasteiger charge is -2.27. The highest BCUT2D eigenvalue weighted by molar-refractivity contribution is 6.48. The minimum absolute atomic E-state index is 0.183. The zero-order valence-electron chi connectivity index (χ0n) is 12.1. The van der Waals surface area contributed by atoms with E-state index < -0.39 is 0 Å². The van der Waals surface area contributed by atoms with Gasteiger partial charge in [-0.25, -0.2) is 0 Å². The molecule has 1 fully saturated rings. The maximum atomic E-state index is 6.32. The van der Waals surface area contributed by atoms with Crippen molar-refractivity contribution in [2.75, 3.05) is 0 Å². The molecule has 20 heavy (non-hydrogen) atoms. The summed E-state index contributed by atoms with van der Waals surface area (Å²) in [5.41, 5.74) is 1.03. The zero-order valence-corrected chi connectivity index (χ0v) is 14.3. The van der Waals surface area contributed by atoms with E-state index in [4.69, 9.17) is 34.8 Å². The molecule has 1 aromatic carbocycles. The first-order valence-electron chi connectivity index (χ1n) is 7.40. The Morgan fingerprint density at radius 2 is 1.75 bits per heavy atom. The number of benzene rings is 1. The Morgan fingerprint density at radius 3 is 2.50 bits per heavy atom. The molecule has 0 bridgehead atoms. The minimum Gasteiger partial charge on any atom is -0.307 e. The minimum atomic E-state index is 0.183. The van der Waals surface area contributed by atoms with E-state index in [0.717, 1.165) is 5.56 Å². The fourth-order valence-electron chi connectivity index (χ4n) is 3.03. The van der Waals surface area contributed by atoms with Crippen LogP contribution in [0.3, 0.4) is 0 Å². The molecule has 0 heterocycles. The summed E-state index contributed by atoms with van der Waals surface area (Å²) in [6, 6.07) is 4.52. The summed E-state index contributed by atoms with van der Waals surface area (Å²) in [4.78, 5) is 0. The molecule has 0 aromatic heterocycles. The molecule has 1 aliphatic carbocycles. The van der Waals surface area contributed by atoms with E-state index in [9.17, 15) is 0 Å². The fourth-order valence-corrected chi connectivity index (χ4v) is 3.73. The van der Waals surface area contributed by atoms with E-state index in [1.807, 2.05) is 12.1 Å². The molecule has 3 unspecified atom stereocenters. The molecule has 1 nitrogen and oxygen atoms in total. The summed E-state index contributed by atoms with van der Waals surface area (Å²) in [6.45, 7) is 4.48. The molecule has 3 atom stereocenters. The highest BCUT2D eigenvalue weighted by Gasteiger charge is 2.23. The van der Waals surface area contributed by atoms with Gasteiger partial charge in [0.15, 0.2) is 0 Å². The first-order valence-corrected chi connectivity index (χ1v) is 8.53. The summed E-state index contributed by atoms with van der Waals surface area (Å²) < 4.78 is 0. The van der Waals surface area contributed by atoms with Crippen molar-refractivity contribution in [2.45, 2.75) is 58.0 Å². The van der Waals surface area contributed by atoms with E-state index in [1.54, 1.807) is 0 Å². The third-order valence-electron chi connectivity index (χ3n) is 4.36. The summed E-state index contributed by atoms with van der Waals surface area (Å²) in [5, 5.41) is 5.26. The summed E-state index contributed by atoms with van der Waals surface area (Å²) >= 11 is 18.4. The maximum absolute atomic E-state index is 6.32. The van der Waals surface area contributed by atoms with Gasteiger partial charge in [-0.15, -0.1) is 0 Å². The zero-order chi connectivity index (χ0) is 14.7. The summed E-state index contributed by atoms with van der Waals surface area (Å²) in [7, 11) is 0. The molecule has 1 saturated carbocycles. The van der Waals surface area contributed by atoms with Gasteiger partial charge >= 0.3 is 0 Å². The second-order valence-corrected chi connectivity index (χ2v) is 7.04. The average molecular weight is 335 g/mol. The lowest BCUT2D eigenvalue weighted by molar-refractivity contribution is 0.330. The van der Waals surface area contributed by atoms with Crippen LogP contribution in [0.5, 0.6) is 0 Å². The van der Waals surface area contributed by atoms with Gasteiger partial charge in [-0.2, -0.15) is 0 Å². The van der Waals surface area contributed by atoms with Crippen LogP contribution in [0.15, 0.2) is 12.1 Å². The van der Waals surface area contributed by atoms with Gasteiger partial charge in [0, 0.05) is 12.1 Å². The Bertz CT molecular complexity index is 461. The standard InChI is InChI=1S/C16H22Cl3N/c1-10-6-4-3-5-7-14(10)20-11(2)12-8-9-13(17)16(19)15(12)18/h8-11,14,20H,3-7H2,1-2H3. The second-order valence-electron chi connectivity index (χ2n) is 5.87. The molecule has 1 aromatic rings. The summed E-state index contributed by atoms with van der Waals surface area (Å²) in [5.74, 6) is 0.710. The van der Waals surface area contributed by atoms with Crippen LogP contribution < -0.4 is 5.32 Å². The largest absolute Gasteiger partial charge is 0.307 e. The molecule has 112 valence electrons. The monoisotopic (exact) mass is 333 g/mol. The van der Waals surface area contributed by atoms with Crippen LogP contribution in [0, 0.1) is 5.92 Å². The highest BCUT2D eigenvalue weighted by atomic mass is 35.5. The fraction of sp³-hybridized carbons (Fsp3) is 0.625. The Balaban J connectivity index is 2.11. The Labute approximate surface area is 137 Å². The third-order valence-corrected chi connectivity index (χ3v) is 5.67. The Kier molecular flexibility index (Phi) is 6.04. The van der Waals surface area contributed by atoms with Gasteiger partial charge in [0.1, 0.15) is 0 Å². The van der Waals surface area contributed by atoms with Crippen LogP contribution in [0.25, 0.3) is 0 Å². The topological polar surface area (TPSA) is 12.0 Å². The van der Waals surface area contributed by atoms with Crippen LogP contribution in [0.2, 0.25) is 15.1 Å². The predicted octanol–water partition coefficient (Wildman–Crippen LogP) is 6.27. The van der Waals surface area contributed by atoms with Crippen molar-refractivity contribution in [3.05, 3.63) is 32.8 Å². The van der Waals surface area contributed by atoms with Crippen molar-refractivity contribution in [3.8, 4) is 0 Å². The van der Waals surface area contributed by atoms with Gasteiger partial charge in [0.25, 0.3) is 0 Å². The van der Waals surface area contributed by atoms with E-state index in [1.165, 1.54) is 32.1 Å². The maximum Gasteiger partial charge on any atom is 0.0781 e. The molecular formula is C16H22Cl3N. The van der Waals surface area contributed by atoms with Gasteiger partial charge in [0.05, 0.1) is 15.1 Å². The van der Waals surface area contributed by atoms with Crippen molar-refractivity contribution in [2.24, 2.45) is 5.92 Å². The van der Waals surface area contributed by atoms with Gasteiger partial charge in [-0.3, -0.25) is 0 Å². The molecule has 1 aliphatic rings. The van der Waals surface area contributed by atoms with Crippen LogP contribution in [-0.2, 0) is 0 Å². The molecule has 0 aliphatic heterocycles. The van der Waals surface area contributed by atoms with E-state index in [2.05, 4.69) is 19.2 Å². The molecule has 4 heteroatoms. The molecule has 0 radical (unpaired) electrons. The quantitative estimate of drug-likeness (QED) is 0.507. The Morgan fingerprint density at radius 1 is 1.05 bits per heavy atom. The third kappa shape index (κ3) is 3.82. The van der Waals surface area contributed by atoms with E-state index in [0.29, 0.717) is 27.0 Å². The van der Waals surface area contributed by atoms with Crippen LogP contribution in [0.1, 0.15) is 57.6 Å². The lowest BCUT2D eigenvalue weighted by Crippen LogP contribution is -2.36. The van der Waals surface area contributed by atoms with Gasteiger partial charge in [0.2, 0.25) is 0 Å². The van der Waals surface area contributed by atoms with Crippen LogP contribution >= 0.6 is 34.8 Å². The SMILES string of the molecule is CC(NC1CCCCCC1C)c1ccc(Cl)c(Cl)c1Cl. The van der Waals surface area contributed by atoms with Gasteiger partial charge in [-0.1, -0.05) is 67.1 Å². The number of rotatable bonds is 3. The average Bonchev–Trinajstić information content (AvgIpc) is 2.61. The van der Waals surface area contributed by atoms with Crippen LogP contribution in [-0.4, -0.2) is 6.04 Å². The molecule has 0 saturated heterocycles. The first kappa shape index (κ1) is 16.4. The molecule has 0 amide bonds. The number of hydrogen-bond acceptors (Lipinski definition) is 1.